The standard InChI is InChI=1S/C16H9ClF2N2O/c17-16-14(9-22)15(10-3-1-4-11(18)7-10)20-21(16)13-6-2-5-12(19)8-13/h1-9H. The molecular formula is C16H9ClF2N2O. The van der Waals surface area contributed by atoms with Crippen molar-refractivity contribution in [2.24, 2.45) is 0 Å². The molecule has 0 aliphatic carbocycles. The van der Waals surface area contributed by atoms with Crippen LogP contribution in [-0.2, 0) is 0 Å². The zero-order chi connectivity index (χ0) is 15.7. The minimum atomic E-state index is -0.455. The molecular weight excluding hydrogens is 310 g/mol. The van der Waals surface area contributed by atoms with Gasteiger partial charge < -0.3 is 0 Å². The first-order chi connectivity index (χ1) is 10.6. The fourth-order valence-corrected chi connectivity index (χ4v) is 2.41. The van der Waals surface area contributed by atoms with Crippen LogP contribution >= 0.6 is 11.6 Å². The summed E-state index contributed by atoms with van der Waals surface area (Å²) in [6.07, 6.45) is 0.547. The first-order valence-corrected chi connectivity index (χ1v) is 6.73. The summed E-state index contributed by atoms with van der Waals surface area (Å²) in [6, 6.07) is 11.3. The van der Waals surface area contributed by atoms with E-state index in [0.29, 0.717) is 17.5 Å². The molecule has 0 N–H and O–H groups in total. The Labute approximate surface area is 129 Å². The smallest absolute Gasteiger partial charge is 0.155 e. The Bertz CT molecular complexity index is 861. The van der Waals surface area contributed by atoms with Crippen LogP contribution in [0.15, 0.2) is 48.5 Å². The highest BCUT2D eigenvalue weighted by molar-refractivity contribution is 6.32. The summed E-state index contributed by atoms with van der Waals surface area (Å²) in [5.41, 5.74) is 1.15. The maximum absolute atomic E-state index is 13.4. The SMILES string of the molecule is O=Cc1c(-c2cccc(F)c2)nn(-c2cccc(F)c2)c1Cl. The average Bonchev–Trinajstić information content (AvgIpc) is 2.84. The molecule has 0 unspecified atom stereocenters. The van der Waals surface area contributed by atoms with Gasteiger partial charge in [0.15, 0.2) is 6.29 Å². The quantitative estimate of drug-likeness (QED) is 0.675. The van der Waals surface area contributed by atoms with Crippen molar-refractivity contribution in [3.8, 4) is 16.9 Å². The van der Waals surface area contributed by atoms with Crippen molar-refractivity contribution >= 4 is 17.9 Å². The minimum absolute atomic E-state index is 0.0415. The fraction of sp³-hybridized carbons (Fsp3) is 0. The molecule has 0 amide bonds. The molecule has 3 rings (SSSR count). The maximum atomic E-state index is 13.4. The summed E-state index contributed by atoms with van der Waals surface area (Å²) in [5, 5.41) is 4.26. The van der Waals surface area contributed by atoms with Crippen molar-refractivity contribution in [3.63, 3.8) is 0 Å². The van der Waals surface area contributed by atoms with Crippen LogP contribution in [0.25, 0.3) is 16.9 Å². The number of aromatic nitrogens is 2. The number of benzene rings is 2. The van der Waals surface area contributed by atoms with Crippen molar-refractivity contribution in [1.82, 2.24) is 9.78 Å². The molecule has 0 spiro atoms. The molecule has 0 fully saturated rings. The highest BCUT2D eigenvalue weighted by atomic mass is 35.5. The van der Waals surface area contributed by atoms with Gasteiger partial charge in [-0.05, 0) is 30.3 Å². The summed E-state index contributed by atoms with van der Waals surface area (Å²) in [6.45, 7) is 0. The van der Waals surface area contributed by atoms with Crippen molar-refractivity contribution in [2.75, 3.05) is 0 Å². The van der Waals surface area contributed by atoms with Gasteiger partial charge in [-0.2, -0.15) is 5.10 Å². The lowest BCUT2D eigenvalue weighted by molar-refractivity contribution is 0.112. The molecule has 22 heavy (non-hydrogen) atoms. The fourth-order valence-electron chi connectivity index (χ4n) is 2.14. The van der Waals surface area contributed by atoms with E-state index in [4.69, 9.17) is 11.6 Å². The lowest BCUT2D eigenvalue weighted by Gasteiger charge is -2.02. The highest BCUT2D eigenvalue weighted by Gasteiger charge is 2.18. The molecule has 110 valence electrons. The van der Waals surface area contributed by atoms with Gasteiger partial charge in [-0.3, -0.25) is 4.79 Å². The number of aldehydes is 1. The van der Waals surface area contributed by atoms with E-state index in [9.17, 15) is 13.6 Å². The zero-order valence-electron chi connectivity index (χ0n) is 11.1. The summed E-state index contributed by atoms with van der Waals surface area (Å²) >= 11 is 6.16. The van der Waals surface area contributed by atoms with E-state index < -0.39 is 11.6 Å². The first kappa shape index (κ1) is 14.4. The largest absolute Gasteiger partial charge is 0.298 e. The number of hydrogen-bond acceptors (Lipinski definition) is 2. The van der Waals surface area contributed by atoms with Crippen LogP contribution in [0.1, 0.15) is 10.4 Å². The zero-order valence-corrected chi connectivity index (χ0v) is 11.9. The third-order valence-electron chi connectivity index (χ3n) is 3.13. The minimum Gasteiger partial charge on any atom is -0.298 e. The van der Waals surface area contributed by atoms with Crippen molar-refractivity contribution in [1.29, 1.82) is 0 Å². The van der Waals surface area contributed by atoms with Crippen molar-refractivity contribution in [2.45, 2.75) is 0 Å². The molecule has 0 aliphatic heterocycles. The molecule has 6 heteroatoms. The Hall–Kier alpha value is -2.53. The Kier molecular flexibility index (Phi) is 3.73. The van der Waals surface area contributed by atoms with E-state index >= 15 is 0 Å². The molecule has 3 nitrogen and oxygen atoms in total. The second kappa shape index (κ2) is 5.69. The number of carbonyl (C=O) groups excluding carboxylic acids is 1. The van der Waals surface area contributed by atoms with Crippen molar-refractivity contribution in [3.05, 3.63) is 70.9 Å². The van der Waals surface area contributed by atoms with Crippen LogP contribution in [0, 0.1) is 11.6 Å². The van der Waals surface area contributed by atoms with Crippen LogP contribution in [-0.4, -0.2) is 16.1 Å². The second-order valence-corrected chi connectivity index (χ2v) is 4.93. The molecule has 0 bridgehead atoms. The van der Waals surface area contributed by atoms with Crippen LogP contribution < -0.4 is 0 Å². The summed E-state index contributed by atoms with van der Waals surface area (Å²) in [4.78, 5) is 11.3. The first-order valence-electron chi connectivity index (χ1n) is 6.35. The Balaban J connectivity index is 2.21. The second-order valence-electron chi connectivity index (χ2n) is 4.57. The van der Waals surface area contributed by atoms with Gasteiger partial charge >= 0.3 is 0 Å². The van der Waals surface area contributed by atoms with E-state index in [0.717, 1.165) is 0 Å². The van der Waals surface area contributed by atoms with Gasteiger partial charge in [0, 0.05) is 5.56 Å². The monoisotopic (exact) mass is 318 g/mol. The third-order valence-corrected chi connectivity index (χ3v) is 3.50. The van der Waals surface area contributed by atoms with E-state index in [-0.39, 0.29) is 16.4 Å². The molecule has 0 radical (unpaired) electrons. The van der Waals surface area contributed by atoms with Crippen LogP contribution in [0.5, 0.6) is 0 Å². The lowest BCUT2D eigenvalue weighted by Crippen LogP contribution is -1.97. The predicted molar refractivity (Wildman–Crippen MR) is 79.3 cm³/mol. The Morgan fingerprint density at radius 3 is 2.36 bits per heavy atom. The lowest BCUT2D eigenvalue weighted by atomic mass is 10.1. The summed E-state index contributed by atoms with van der Waals surface area (Å²) < 4.78 is 28.0. The molecule has 0 aliphatic rings. The van der Waals surface area contributed by atoms with Crippen LogP contribution in [0.3, 0.4) is 0 Å². The number of carbonyl (C=O) groups is 1. The average molecular weight is 319 g/mol. The molecule has 0 saturated heterocycles. The van der Waals surface area contributed by atoms with Crippen LogP contribution in [0.4, 0.5) is 8.78 Å². The molecule has 1 heterocycles. The molecule has 3 aromatic rings. The number of rotatable bonds is 3. The predicted octanol–water partition coefficient (Wildman–Crippen LogP) is 4.28. The molecule has 1 aromatic heterocycles. The third kappa shape index (κ3) is 2.51. The summed E-state index contributed by atoms with van der Waals surface area (Å²) in [5.74, 6) is -0.908. The van der Waals surface area contributed by atoms with E-state index in [1.165, 1.54) is 41.1 Å². The van der Waals surface area contributed by atoms with E-state index in [1.807, 2.05) is 0 Å². The Morgan fingerprint density at radius 1 is 1.05 bits per heavy atom. The van der Waals surface area contributed by atoms with E-state index in [1.54, 1.807) is 12.1 Å². The molecule has 0 atom stereocenters. The highest BCUT2D eigenvalue weighted by Crippen LogP contribution is 2.30. The maximum Gasteiger partial charge on any atom is 0.155 e. The molecule has 0 saturated carbocycles. The van der Waals surface area contributed by atoms with Gasteiger partial charge in [0.25, 0.3) is 0 Å². The van der Waals surface area contributed by atoms with Gasteiger partial charge in [0.1, 0.15) is 22.5 Å². The van der Waals surface area contributed by atoms with Gasteiger partial charge in [0.05, 0.1) is 11.3 Å². The van der Waals surface area contributed by atoms with E-state index in [2.05, 4.69) is 5.10 Å². The Morgan fingerprint density at radius 2 is 1.73 bits per heavy atom. The van der Waals surface area contributed by atoms with Gasteiger partial charge in [-0.1, -0.05) is 29.8 Å². The topological polar surface area (TPSA) is 34.9 Å². The van der Waals surface area contributed by atoms with Crippen molar-refractivity contribution < 1.29 is 13.6 Å². The van der Waals surface area contributed by atoms with Gasteiger partial charge in [-0.25, -0.2) is 13.5 Å². The number of nitrogens with zero attached hydrogens (tertiary/aromatic N) is 2. The van der Waals surface area contributed by atoms with Gasteiger partial charge in [-0.15, -0.1) is 0 Å². The van der Waals surface area contributed by atoms with Gasteiger partial charge in [0.2, 0.25) is 0 Å². The number of halogens is 3. The normalized spacial score (nSPS) is 10.7. The molecule has 2 aromatic carbocycles. The summed E-state index contributed by atoms with van der Waals surface area (Å²) in [7, 11) is 0. The number of hydrogen-bond donors (Lipinski definition) is 0. The van der Waals surface area contributed by atoms with Crippen LogP contribution in [0.2, 0.25) is 5.15 Å².